The number of benzene rings is 4. The van der Waals surface area contributed by atoms with E-state index in [0.29, 0.717) is 96.2 Å². The maximum atomic E-state index is 14.4. The van der Waals surface area contributed by atoms with Gasteiger partial charge in [-0.2, -0.15) is 8.61 Å². The van der Waals surface area contributed by atoms with E-state index in [0.717, 1.165) is 17.4 Å². The first-order chi connectivity index (χ1) is 36.2. The third kappa shape index (κ3) is 10.9. The second-order valence-electron chi connectivity index (χ2n) is 20.4. The Bertz CT molecular complexity index is 3360. The molecule has 76 heavy (non-hydrogen) atoms. The number of halogens is 2. The van der Waals surface area contributed by atoms with Gasteiger partial charge in [-0.05, 0) is 87.1 Å². The molecule has 0 bridgehead atoms. The standard InChI is InChI=1S/C28H33FN4O4S.C28H31FN4O4S/c2*1-20(34)28(21-6-4-3-5-7-21)10-12-31(13-11-28)26-23-18-22(29)8-9-25(23)30-19-24(26)27(35)32-14-16-33(17-15-32)38(2,36)37/h3-9,18-20,34H,10-17H2,1-2H3;3-9,18-19H,10-17H2,1-2H3. The molecule has 0 spiro atoms. The van der Waals surface area contributed by atoms with Gasteiger partial charge in [-0.15, -0.1) is 0 Å². The Morgan fingerprint density at radius 3 is 1.30 bits per heavy atom. The van der Waals surface area contributed by atoms with Gasteiger partial charge in [0.2, 0.25) is 20.0 Å². The van der Waals surface area contributed by atoms with Crippen LogP contribution in [0.15, 0.2) is 109 Å². The Hall–Kier alpha value is -6.45. The van der Waals surface area contributed by atoms with Crippen LogP contribution in [-0.4, -0.2) is 165 Å². The number of carbonyl (C=O) groups is 3. The summed E-state index contributed by atoms with van der Waals surface area (Å²) in [5.41, 5.74) is 4.18. The number of amides is 2. The second-order valence-corrected chi connectivity index (χ2v) is 24.4. The molecule has 6 aromatic rings. The highest BCUT2D eigenvalue weighted by atomic mass is 32.2. The molecule has 20 heteroatoms. The minimum Gasteiger partial charge on any atom is -0.392 e. The zero-order valence-electron chi connectivity index (χ0n) is 43.2. The van der Waals surface area contributed by atoms with E-state index < -0.39 is 48.6 Å². The van der Waals surface area contributed by atoms with Crippen LogP contribution in [0.2, 0.25) is 0 Å². The fourth-order valence-corrected chi connectivity index (χ4v) is 13.3. The normalized spacial score (nSPS) is 19.0. The number of anilines is 2. The van der Waals surface area contributed by atoms with Crippen LogP contribution in [0.25, 0.3) is 21.8 Å². The number of pyridine rings is 2. The van der Waals surface area contributed by atoms with Crippen molar-refractivity contribution in [1.82, 2.24) is 28.4 Å². The number of nitrogens with zero attached hydrogens (tertiary/aromatic N) is 8. The molecular weight excluding hydrogens is 1010 g/mol. The first-order valence-corrected chi connectivity index (χ1v) is 29.4. The maximum absolute atomic E-state index is 14.4. The van der Waals surface area contributed by atoms with Crippen LogP contribution >= 0.6 is 0 Å². The molecule has 4 aliphatic rings. The summed E-state index contributed by atoms with van der Waals surface area (Å²) in [6.07, 6.45) is 7.30. The summed E-state index contributed by atoms with van der Waals surface area (Å²) in [6, 6.07) is 28.5. The summed E-state index contributed by atoms with van der Waals surface area (Å²) >= 11 is 0. The van der Waals surface area contributed by atoms with Crippen molar-refractivity contribution in [3.63, 3.8) is 0 Å². The number of hydrogen-bond donors (Lipinski definition) is 1. The highest BCUT2D eigenvalue weighted by Crippen LogP contribution is 2.43. The summed E-state index contributed by atoms with van der Waals surface area (Å²) in [5.74, 6) is -1.24. The Balaban J connectivity index is 0.000000186. The molecule has 10 rings (SSSR count). The van der Waals surface area contributed by atoms with Crippen molar-refractivity contribution >= 4 is 70.8 Å². The van der Waals surface area contributed by atoms with Crippen LogP contribution in [0.3, 0.4) is 0 Å². The molecule has 6 heterocycles. The molecule has 16 nitrogen and oxygen atoms in total. The molecule has 4 saturated heterocycles. The fourth-order valence-electron chi connectivity index (χ4n) is 11.6. The minimum absolute atomic E-state index is 0.106. The zero-order valence-corrected chi connectivity index (χ0v) is 44.9. The second kappa shape index (κ2) is 21.9. The predicted molar refractivity (Wildman–Crippen MR) is 290 cm³/mol. The maximum Gasteiger partial charge on any atom is 0.257 e. The first-order valence-electron chi connectivity index (χ1n) is 25.7. The van der Waals surface area contributed by atoms with Crippen LogP contribution in [0.4, 0.5) is 20.2 Å². The van der Waals surface area contributed by atoms with E-state index in [2.05, 4.69) is 19.8 Å². The van der Waals surface area contributed by atoms with Crippen LogP contribution in [0, 0.1) is 11.6 Å². The molecule has 0 aliphatic carbocycles. The van der Waals surface area contributed by atoms with Crippen molar-refractivity contribution in [1.29, 1.82) is 0 Å². The van der Waals surface area contributed by atoms with E-state index in [9.17, 15) is 45.1 Å². The zero-order chi connectivity index (χ0) is 54.2. The van der Waals surface area contributed by atoms with Crippen molar-refractivity contribution in [2.24, 2.45) is 0 Å². The number of rotatable bonds is 10. The number of aliphatic hydroxyl groups excluding tert-OH is 1. The number of piperazine rings is 2. The SMILES string of the molecule is CC(=O)C1(c2ccccc2)CCN(c2c(C(=O)N3CCN(S(C)(=O)=O)CC3)cnc3ccc(F)cc23)CC1.CC(O)C1(c2ccccc2)CCN(c2c(C(=O)N3CCN(S(C)(=O)=O)CC3)cnc3ccc(F)cc23)CC1. The topological polar surface area (TPSA) is 185 Å². The number of carbonyl (C=O) groups excluding carboxylic acids is 3. The van der Waals surface area contributed by atoms with Crippen LogP contribution in [-0.2, 0) is 35.7 Å². The monoisotopic (exact) mass is 1080 g/mol. The van der Waals surface area contributed by atoms with Gasteiger partial charge in [0.25, 0.3) is 11.8 Å². The smallest absolute Gasteiger partial charge is 0.257 e. The molecular formula is C56H64F2N8O8S2. The van der Waals surface area contributed by atoms with Gasteiger partial charge in [-0.25, -0.2) is 25.6 Å². The lowest BCUT2D eigenvalue weighted by molar-refractivity contribution is -0.123. The summed E-state index contributed by atoms with van der Waals surface area (Å²) < 4.78 is 79.3. The number of aromatic nitrogens is 2. The molecule has 4 aliphatic heterocycles. The van der Waals surface area contributed by atoms with E-state index >= 15 is 0 Å². The van der Waals surface area contributed by atoms with Gasteiger partial charge in [0.1, 0.15) is 17.4 Å². The van der Waals surface area contributed by atoms with Gasteiger partial charge in [0, 0.05) is 107 Å². The van der Waals surface area contributed by atoms with Crippen molar-refractivity contribution < 1.29 is 45.1 Å². The molecule has 1 N–H and O–H groups in total. The van der Waals surface area contributed by atoms with E-state index in [4.69, 9.17) is 0 Å². The number of hydrogen-bond acceptors (Lipinski definition) is 12. The molecule has 4 aromatic carbocycles. The number of fused-ring (bicyclic) bond motifs is 2. The Morgan fingerprint density at radius 1 is 0.553 bits per heavy atom. The third-order valence-electron chi connectivity index (χ3n) is 16.1. The van der Waals surface area contributed by atoms with Crippen molar-refractivity contribution in [2.75, 3.05) is 101 Å². The lowest BCUT2D eigenvalue weighted by atomic mass is 9.69. The number of sulfonamides is 2. The van der Waals surface area contributed by atoms with Gasteiger partial charge in [0.05, 0.1) is 57.6 Å². The number of piperidine rings is 2. The van der Waals surface area contributed by atoms with Crippen molar-refractivity contribution in [3.05, 3.63) is 143 Å². The number of aliphatic hydroxyl groups is 1. The Morgan fingerprint density at radius 2 is 0.934 bits per heavy atom. The van der Waals surface area contributed by atoms with Crippen molar-refractivity contribution in [3.8, 4) is 0 Å². The largest absolute Gasteiger partial charge is 0.392 e. The van der Waals surface area contributed by atoms with E-state index in [1.54, 1.807) is 35.1 Å². The molecule has 0 radical (unpaired) electrons. The Kier molecular flexibility index (Phi) is 15.6. The van der Waals surface area contributed by atoms with Crippen LogP contribution < -0.4 is 9.80 Å². The van der Waals surface area contributed by atoms with Crippen LogP contribution in [0.1, 0.15) is 71.4 Å². The van der Waals surface area contributed by atoms with Gasteiger partial charge in [0.15, 0.2) is 0 Å². The Labute approximate surface area is 443 Å². The van der Waals surface area contributed by atoms with Crippen LogP contribution in [0.5, 0.6) is 0 Å². The quantitative estimate of drug-likeness (QED) is 0.164. The van der Waals surface area contributed by atoms with Gasteiger partial charge >= 0.3 is 0 Å². The molecule has 402 valence electrons. The first kappa shape index (κ1) is 54.3. The van der Waals surface area contributed by atoms with Gasteiger partial charge < -0.3 is 24.7 Å². The number of Topliss-reactive ketones (excluding diaryl/α,β-unsaturated/α-hetero) is 1. The molecule has 4 fully saturated rings. The van der Waals surface area contributed by atoms with E-state index in [1.165, 1.54) is 45.3 Å². The van der Waals surface area contributed by atoms with Crippen molar-refractivity contribution in [2.45, 2.75) is 56.5 Å². The summed E-state index contributed by atoms with van der Waals surface area (Å²) in [4.78, 5) is 56.8. The highest BCUT2D eigenvalue weighted by Gasteiger charge is 2.43. The summed E-state index contributed by atoms with van der Waals surface area (Å²) in [6.45, 7) is 7.55. The third-order valence-corrected chi connectivity index (χ3v) is 18.7. The number of ketones is 1. The minimum atomic E-state index is -3.33. The average molecular weight is 1080 g/mol. The average Bonchev–Trinajstić information content (AvgIpc) is 3.44. The highest BCUT2D eigenvalue weighted by molar-refractivity contribution is 7.88. The lowest BCUT2D eigenvalue weighted by Crippen LogP contribution is -2.51. The lowest BCUT2D eigenvalue weighted by Gasteiger charge is -2.45. The molecule has 0 saturated carbocycles. The van der Waals surface area contributed by atoms with E-state index in [-0.39, 0.29) is 70.0 Å². The molecule has 2 aromatic heterocycles. The summed E-state index contributed by atoms with van der Waals surface area (Å²) in [7, 11) is -6.66. The van der Waals surface area contributed by atoms with Gasteiger partial charge in [-0.1, -0.05) is 60.7 Å². The summed E-state index contributed by atoms with van der Waals surface area (Å²) in [5, 5.41) is 12.0. The predicted octanol–water partition coefficient (Wildman–Crippen LogP) is 6.23. The molecule has 1 atom stereocenters. The molecule has 2 amide bonds. The van der Waals surface area contributed by atoms with E-state index in [1.807, 2.05) is 67.6 Å². The molecule has 1 unspecified atom stereocenters. The fraction of sp³-hybridized carbons (Fsp3) is 0.411. The van der Waals surface area contributed by atoms with Gasteiger partial charge in [-0.3, -0.25) is 24.4 Å².